The predicted molar refractivity (Wildman–Crippen MR) is 105 cm³/mol. The number of pyridine rings is 1. The lowest BCUT2D eigenvalue weighted by Gasteiger charge is -2.30. The minimum atomic E-state index is -0.0964. The molecule has 0 spiro atoms. The number of hydrogen-bond donors (Lipinski definition) is 2. The smallest absolute Gasteiger partial charge is 0.315 e. The lowest BCUT2D eigenvalue weighted by molar-refractivity contribution is 0.190. The molecule has 2 fully saturated rings. The van der Waals surface area contributed by atoms with Crippen LogP contribution in [-0.4, -0.2) is 55.2 Å². The summed E-state index contributed by atoms with van der Waals surface area (Å²) in [4.78, 5) is 21.3. The average Bonchev–Trinajstić information content (AvgIpc) is 3.20. The fraction of sp³-hybridized carbons (Fsp3) is 0.700. The summed E-state index contributed by atoms with van der Waals surface area (Å²) in [6.45, 7) is 9.26. The molecule has 3 heterocycles. The first-order valence-electron chi connectivity index (χ1n) is 10.1. The maximum atomic E-state index is 11.9. The van der Waals surface area contributed by atoms with Gasteiger partial charge in [-0.1, -0.05) is 13.0 Å². The second-order valence-electron chi connectivity index (χ2n) is 7.71. The van der Waals surface area contributed by atoms with Crippen molar-refractivity contribution < 1.29 is 4.79 Å². The third-order valence-corrected chi connectivity index (χ3v) is 5.51. The van der Waals surface area contributed by atoms with Crippen molar-refractivity contribution in [3.8, 4) is 0 Å². The molecule has 6 nitrogen and oxygen atoms in total. The molecule has 0 saturated carbocycles. The standard InChI is InChI=1S/C20H33N5O/c1-17-7-13-24(14-8-17)10-4-9-21-20(26)23-16-18-5-6-19(22-15-18)25-11-2-3-12-25/h5-6,15,17H,2-4,7-14,16H2,1H3,(H2,21,23,26). The van der Waals surface area contributed by atoms with Crippen LogP contribution >= 0.6 is 0 Å². The van der Waals surface area contributed by atoms with E-state index in [-0.39, 0.29) is 6.03 Å². The van der Waals surface area contributed by atoms with Crippen LogP contribution in [0.15, 0.2) is 18.3 Å². The summed E-state index contributed by atoms with van der Waals surface area (Å²) in [5, 5.41) is 5.87. The van der Waals surface area contributed by atoms with E-state index >= 15 is 0 Å². The van der Waals surface area contributed by atoms with Gasteiger partial charge in [-0.25, -0.2) is 9.78 Å². The van der Waals surface area contributed by atoms with Crippen molar-refractivity contribution in [2.24, 2.45) is 5.92 Å². The number of aromatic nitrogens is 1. The maximum absolute atomic E-state index is 11.9. The first kappa shape index (κ1) is 19.0. The molecule has 1 aromatic rings. The van der Waals surface area contributed by atoms with Gasteiger partial charge >= 0.3 is 6.03 Å². The van der Waals surface area contributed by atoms with Gasteiger partial charge in [0.2, 0.25) is 0 Å². The van der Waals surface area contributed by atoms with Crippen LogP contribution in [0.2, 0.25) is 0 Å². The Morgan fingerprint density at radius 1 is 1.15 bits per heavy atom. The van der Waals surface area contributed by atoms with Gasteiger partial charge in [0.15, 0.2) is 0 Å². The normalized spacial score (nSPS) is 18.9. The summed E-state index contributed by atoms with van der Waals surface area (Å²) < 4.78 is 0. The first-order valence-corrected chi connectivity index (χ1v) is 10.1. The third kappa shape index (κ3) is 5.87. The van der Waals surface area contributed by atoms with E-state index in [2.05, 4.69) is 44.5 Å². The van der Waals surface area contributed by atoms with Gasteiger partial charge in [0.25, 0.3) is 0 Å². The lowest BCUT2D eigenvalue weighted by atomic mass is 9.99. The molecule has 2 amide bonds. The SMILES string of the molecule is CC1CCN(CCCNC(=O)NCc2ccc(N3CCCC3)nc2)CC1. The quantitative estimate of drug-likeness (QED) is 0.735. The highest BCUT2D eigenvalue weighted by molar-refractivity contribution is 5.73. The highest BCUT2D eigenvalue weighted by Gasteiger charge is 2.15. The van der Waals surface area contributed by atoms with E-state index < -0.39 is 0 Å². The van der Waals surface area contributed by atoms with Crippen molar-refractivity contribution in [2.45, 2.75) is 45.6 Å². The van der Waals surface area contributed by atoms with Gasteiger partial charge < -0.3 is 20.4 Å². The van der Waals surface area contributed by atoms with Crippen LogP contribution in [0.3, 0.4) is 0 Å². The predicted octanol–water partition coefficient (Wildman–Crippen LogP) is 2.60. The number of carbonyl (C=O) groups excluding carboxylic acids is 1. The number of carbonyl (C=O) groups is 1. The zero-order chi connectivity index (χ0) is 18.2. The molecule has 0 bridgehead atoms. The highest BCUT2D eigenvalue weighted by Crippen LogP contribution is 2.17. The number of anilines is 1. The Morgan fingerprint density at radius 2 is 1.92 bits per heavy atom. The van der Waals surface area contributed by atoms with Gasteiger partial charge in [-0.3, -0.25) is 0 Å². The van der Waals surface area contributed by atoms with Crippen molar-refractivity contribution in [1.82, 2.24) is 20.5 Å². The molecule has 2 aliphatic rings. The Bertz CT molecular complexity index is 548. The fourth-order valence-electron chi connectivity index (χ4n) is 3.69. The van der Waals surface area contributed by atoms with E-state index in [9.17, 15) is 4.79 Å². The topological polar surface area (TPSA) is 60.5 Å². The highest BCUT2D eigenvalue weighted by atomic mass is 16.2. The average molecular weight is 360 g/mol. The molecule has 0 aliphatic carbocycles. The Kier molecular flexibility index (Phi) is 7.12. The summed E-state index contributed by atoms with van der Waals surface area (Å²) in [6, 6.07) is 4.01. The first-order chi connectivity index (χ1) is 12.7. The van der Waals surface area contributed by atoms with Crippen LogP contribution in [0.1, 0.15) is 44.6 Å². The zero-order valence-electron chi connectivity index (χ0n) is 16.0. The Balaban J connectivity index is 1.27. The molecule has 0 atom stereocenters. The van der Waals surface area contributed by atoms with Crippen molar-refractivity contribution in [1.29, 1.82) is 0 Å². The largest absolute Gasteiger partial charge is 0.357 e. The van der Waals surface area contributed by atoms with Gasteiger partial charge in [0.1, 0.15) is 5.82 Å². The summed E-state index contributed by atoms with van der Waals surface area (Å²) in [5.41, 5.74) is 1.03. The second kappa shape index (κ2) is 9.76. The van der Waals surface area contributed by atoms with Crippen molar-refractivity contribution in [3.63, 3.8) is 0 Å². The molecule has 3 rings (SSSR count). The van der Waals surface area contributed by atoms with Crippen LogP contribution in [0.5, 0.6) is 0 Å². The molecule has 2 aliphatic heterocycles. The molecular weight excluding hydrogens is 326 g/mol. The summed E-state index contributed by atoms with van der Waals surface area (Å²) in [5.74, 6) is 1.91. The lowest BCUT2D eigenvalue weighted by Crippen LogP contribution is -2.38. The number of urea groups is 1. The van der Waals surface area contributed by atoms with E-state index in [1.165, 1.54) is 38.8 Å². The van der Waals surface area contributed by atoms with Gasteiger partial charge in [-0.2, -0.15) is 0 Å². The number of hydrogen-bond acceptors (Lipinski definition) is 4. The molecule has 0 radical (unpaired) electrons. The summed E-state index contributed by atoms with van der Waals surface area (Å²) >= 11 is 0. The van der Waals surface area contributed by atoms with Crippen LogP contribution in [-0.2, 0) is 6.54 Å². The van der Waals surface area contributed by atoms with Crippen molar-refractivity contribution in [3.05, 3.63) is 23.9 Å². The van der Waals surface area contributed by atoms with Crippen molar-refractivity contribution in [2.75, 3.05) is 44.2 Å². The van der Waals surface area contributed by atoms with Crippen LogP contribution in [0.4, 0.5) is 10.6 Å². The molecule has 144 valence electrons. The van der Waals surface area contributed by atoms with Gasteiger partial charge in [0.05, 0.1) is 0 Å². The van der Waals surface area contributed by atoms with Crippen LogP contribution in [0, 0.1) is 5.92 Å². The molecule has 26 heavy (non-hydrogen) atoms. The van der Waals surface area contributed by atoms with Crippen LogP contribution < -0.4 is 15.5 Å². The molecule has 6 heteroatoms. The minimum Gasteiger partial charge on any atom is -0.357 e. The third-order valence-electron chi connectivity index (χ3n) is 5.51. The molecule has 0 aromatic carbocycles. The Labute approximate surface area is 157 Å². The van der Waals surface area contributed by atoms with Gasteiger partial charge in [-0.05, 0) is 69.3 Å². The maximum Gasteiger partial charge on any atom is 0.315 e. The molecule has 1 aromatic heterocycles. The Hall–Kier alpha value is -1.82. The van der Waals surface area contributed by atoms with E-state index in [0.29, 0.717) is 6.54 Å². The van der Waals surface area contributed by atoms with Crippen molar-refractivity contribution >= 4 is 11.8 Å². The number of rotatable bonds is 7. The van der Waals surface area contributed by atoms with Gasteiger partial charge in [0, 0.05) is 32.4 Å². The van der Waals surface area contributed by atoms with Gasteiger partial charge in [-0.15, -0.1) is 0 Å². The molecule has 0 unspecified atom stereocenters. The Morgan fingerprint density at radius 3 is 2.62 bits per heavy atom. The summed E-state index contributed by atoms with van der Waals surface area (Å²) in [7, 11) is 0. The molecule has 2 saturated heterocycles. The number of nitrogens with one attached hydrogen (secondary N) is 2. The second-order valence-corrected chi connectivity index (χ2v) is 7.71. The number of nitrogens with zero attached hydrogens (tertiary/aromatic N) is 3. The fourth-order valence-corrected chi connectivity index (χ4v) is 3.69. The zero-order valence-corrected chi connectivity index (χ0v) is 16.0. The number of likely N-dealkylation sites (tertiary alicyclic amines) is 1. The minimum absolute atomic E-state index is 0.0964. The van der Waals surface area contributed by atoms with Crippen LogP contribution in [0.25, 0.3) is 0 Å². The monoisotopic (exact) mass is 359 g/mol. The number of piperidine rings is 1. The summed E-state index contributed by atoms with van der Waals surface area (Å²) in [6.07, 6.45) is 7.99. The van der Waals surface area contributed by atoms with E-state index in [0.717, 1.165) is 49.9 Å². The van der Waals surface area contributed by atoms with E-state index in [1.807, 2.05) is 6.20 Å². The molecule has 2 N–H and O–H groups in total. The molecular formula is C20H33N5O. The van der Waals surface area contributed by atoms with E-state index in [1.54, 1.807) is 0 Å². The van der Waals surface area contributed by atoms with E-state index in [4.69, 9.17) is 0 Å². The number of amides is 2.